The molecule has 56 heavy (non-hydrogen) atoms. The Hall–Kier alpha value is -6.87. The van der Waals surface area contributed by atoms with Crippen molar-refractivity contribution >= 4 is 63.2 Å². The molecule has 0 saturated carbocycles. The van der Waals surface area contributed by atoms with Crippen molar-refractivity contribution in [1.29, 1.82) is 0 Å². The number of allylic oxidation sites excluding steroid dienone is 2. The number of carbonyl (C=O) groups is 5. The van der Waals surface area contributed by atoms with Crippen LogP contribution in [0.3, 0.4) is 0 Å². The van der Waals surface area contributed by atoms with Gasteiger partial charge in [0.25, 0.3) is 5.91 Å². The number of amides is 1. The number of hydrogen-bond acceptors (Lipinski definition) is 8. The van der Waals surface area contributed by atoms with Crippen LogP contribution in [0.4, 0.5) is 0 Å². The molecule has 9 heteroatoms. The molecule has 2 aromatic heterocycles. The van der Waals surface area contributed by atoms with Crippen molar-refractivity contribution in [1.82, 2.24) is 14.9 Å². The highest BCUT2D eigenvalue weighted by atomic mass is 16.5. The van der Waals surface area contributed by atoms with Gasteiger partial charge in [-0.1, -0.05) is 84.9 Å². The Balaban J connectivity index is 1.00. The van der Waals surface area contributed by atoms with Crippen LogP contribution in [-0.2, 0) is 9.53 Å². The molecule has 0 radical (unpaired) electrons. The van der Waals surface area contributed by atoms with Gasteiger partial charge in [-0.2, -0.15) is 0 Å². The monoisotopic (exact) mass is 741 g/mol. The molecule has 7 rings (SSSR count). The fraction of sp³-hybridized carbons (Fsp3) is 0.170. The maximum absolute atomic E-state index is 14.1. The lowest BCUT2D eigenvalue weighted by molar-refractivity contribution is -0.159. The number of ether oxygens (including phenoxy) is 1. The van der Waals surface area contributed by atoms with Crippen LogP contribution in [0.25, 0.3) is 34.0 Å². The summed E-state index contributed by atoms with van der Waals surface area (Å²) in [5.74, 6) is -1.80. The van der Waals surface area contributed by atoms with Crippen molar-refractivity contribution in [3.63, 3.8) is 0 Å². The highest BCUT2D eigenvalue weighted by molar-refractivity contribution is 6.14. The van der Waals surface area contributed by atoms with Gasteiger partial charge >= 0.3 is 5.97 Å². The molecule has 9 nitrogen and oxygen atoms in total. The summed E-state index contributed by atoms with van der Waals surface area (Å²) in [7, 11) is 0. The van der Waals surface area contributed by atoms with Crippen molar-refractivity contribution in [3.8, 4) is 0 Å². The molecular formula is C47H39N3O6. The SMILES string of the molecule is CC(C)OC(=O)C1(C(=O)c2ccc(C(=O)C=Cc3ccc4ccccc4n3)cc2)CCN(C(=O)c2ccc(C(=O)C=Cc3ccc4ccccc4n3)cc2)CC1. The number of pyridine rings is 2. The van der Waals surface area contributed by atoms with E-state index in [1.54, 1.807) is 79.4 Å². The number of nitrogens with zero attached hydrogens (tertiary/aromatic N) is 3. The zero-order chi connectivity index (χ0) is 39.2. The second-order valence-electron chi connectivity index (χ2n) is 14.1. The maximum Gasteiger partial charge on any atom is 0.320 e. The van der Waals surface area contributed by atoms with Gasteiger partial charge < -0.3 is 9.64 Å². The number of rotatable bonds is 11. The van der Waals surface area contributed by atoms with Crippen LogP contribution in [0.1, 0.15) is 79.5 Å². The normalized spacial score (nSPS) is 14.1. The number of likely N-dealkylation sites (tertiary alicyclic amines) is 1. The molecule has 3 heterocycles. The first kappa shape index (κ1) is 37.4. The van der Waals surface area contributed by atoms with Gasteiger partial charge in [0.2, 0.25) is 0 Å². The number of benzene rings is 4. The summed E-state index contributed by atoms with van der Waals surface area (Å²) in [5.41, 5.74) is 2.92. The Labute approximate surface area is 324 Å². The lowest BCUT2D eigenvalue weighted by atomic mass is 9.72. The van der Waals surface area contributed by atoms with Crippen molar-refractivity contribution in [2.24, 2.45) is 5.41 Å². The average Bonchev–Trinajstić information content (AvgIpc) is 3.24. The number of Topliss-reactive ketones (excluding diaryl/α,β-unsaturated/α-hetero) is 1. The summed E-state index contributed by atoms with van der Waals surface area (Å²) < 4.78 is 5.61. The third-order valence-corrected chi connectivity index (χ3v) is 9.97. The molecule has 0 aliphatic carbocycles. The second kappa shape index (κ2) is 16.2. The highest BCUT2D eigenvalue weighted by Gasteiger charge is 2.50. The highest BCUT2D eigenvalue weighted by Crippen LogP contribution is 2.38. The fourth-order valence-electron chi connectivity index (χ4n) is 6.83. The molecule has 0 unspecified atom stereocenters. The predicted octanol–water partition coefficient (Wildman–Crippen LogP) is 8.63. The van der Waals surface area contributed by atoms with E-state index in [-0.39, 0.29) is 49.0 Å². The number of fused-ring (bicyclic) bond motifs is 2. The van der Waals surface area contributed by atoms with E-state index in [1.807, 2.05) is 72.8 Å². The number of aromatic nitrogens is 2. The molecule has 0 spiro atoms. The maximum atomic E-state index is 14.1. The zero-order valence-electron chi connectivity index (χ0n) is 31.1. The summed E-state index contributed by atoms with van der Waals surface area (Å²) in [6, 6.07) is 35.7. The van der Waals surface area contributed by atoms with Crippen LogP contribution in [0, 0.1) is 5.41 Å². The molecule has 1 aliphatic rings. The minimum Gasteiger partial charge on any atom is -0.462 e. The van der Waals surface area contributed by atoms with Gasteiger partial charge in [0.15, 0.2) is 17.3 Å². The van der Waals surface area contributed by atoms with Crippen LogP contribution >= 0.6 is 0 Å². The lowest BCUT2D eigenvalue weighted by Crippen LogP contribution is -2.51. The topological polar surface area (TPSA) is 124 Å². The van der Waals surface area contributed by atoms with Crippen molar-refractivity contribution in [2.45, 2.75) is 32.8 Å². The van der Waals surface area contributed by atoms with E-state index in [9.17, 15) is 24.0 Å². The Morgan fingerprint density at radius 1 is 0.589 bits per heavy atom. The molecule has 4 aromatic carbocycles. The smallest absolute Gasteiger partial charge is 0.320 e. The number of ketones is 3. The van der Waals surface area contributed by atoms with Crippen LogP contribution in [-0.4, -0.2) is 63.3 Å². The van der Waals surface area contributed by atoms with Crippen LogP contribution < -0.4 is 0 Å². The summed E-state index contributed by atoms with van der Waals surface area (Å²) in [4.78, 5) is 78.0. The molecule has 1 fully saturated rings. The van der Waals surface area contributed by atoms with Crippen LogP contribution in [0.5, 0.6) is 0 Å². The lowest BCUT2D eigenvalue weighted by Gasteiger charge is -2.39. The number of piperidine rings is 1. The number of carbonyl (C=O) groups excluding carboxylic acids is 5. The first-order valence-electron chi connectivity index (χ1n) is 18.5. The van der Waals surface area contributed by atoms with Gasteiger partial charge in [0.1, 0.15) is 5.41 Å². The van der Waals surface area contributed by atoms with Gasteiger partial charge in [0.05, 0.1) is 28.5 Å². The summed E-state index contributed by atoms with van der Waals surface area (Å²) in [5, 5.41) is 2.01. The molecular weight excluding hydrogens is 703 g/mol. The Morgan fingerprint density at radius 2 is 1.04 bits per heavy atom. The number of para-hydroxylation sites is 2. The Bertz CT molecular complexity index is 2530. The van der Waals surface area contributed by atoms with Crippen LogP contribution in [0.15, 0.2) is 133 Å². The van der Waals surface area contributed by atoms with E-state index in [0.717, 1.165) is 21.8 Å². The van der Waals surface area contributed by atoms with E-state index in [4.69, 9.17) is 4.74 Å². The van der Waals surface area contributed by atoms with Crippen molar-refractivity contribution < 1.29 is 28.7 Å². The minimum atomic E-state index is -1.50. The molecule has 1 amide bonds. The van der Waals surface area contributed by atoms with Gasteiger partial charge in [-0.05, 0) is 87.4 Å². The quantitative estimate of drug-likeness (QED) is 0.0560. The minimum absolute atomic E-state index is 0.0650. The second-order valence-corrected chi connectivity index (χ2v) is 14.1. The Morgan fingerprint density at radius 3 is 1.52 bits per heavy atom. The van der Waals surface area contributed by atoms with E-state index >= 15 is 0 Å². The standard InChI is InChI=1S/C47H39N3O6/c1-31(2)56-46(55)47(44(53)36-15-11-34(12-16-36)42(51)25-23-38-21-19-32-7-3-5-9-40(32)48-38)27-29-50(30-28-47)45(54)37-17-13-35(14-18-37)43(52)26-24-39-22-20-33-8-4-6-10-41(33)49-39/h3-26,31H,27-30H2,1-2H3. The van der Waals surface area contributed by atoms with Crippen molar-refractivity contribution in [3.05, 3.63) is 167 Å². The van der Waals surface area contributed by atoms with Crippen LogP contribution in [0.2, 0.25) is 0 Å². The zero-order valence-corrected chi connectivity index (χ0v) is 31.1. The summed E-state index contributed by atoms with van der Waals surface area (Å²) in [6.07, 6.45) is 5.89. The number of esters is 1. The third-order valence-electron chi connectivity index (χ3n) is 9.97. The van der Waals surface area contributed by atoms with Gasteiger partial charge in [-0.15, -0.1) is 0 Å². The predicted molar refractivity (Wildman–Crippen MR) is 216 cm³/mol. The van der Waals surface area contributed by atoms with E-state index in [2.05, 4.69) is 9.97 Å². The molecule has 1 saturated heterocycles. The molecule has 0 N–H and O–H groups in total. The fourth-order valence-corrected chi connectivity index (χ4v) is 6.83. The van der Waals surface area contributed by atoms with E-state index in [0.29, 0.717) is 28.1 Å². The van der Waals surface area contributed by atoms with Crippen molar-refractivity contribution in [2.75, 3.05) is 13.1 Å². The summed E-state index contributed by atoms with van der Waals surface area (Å²) >= 11 is 0. The average molecular weight is 742 g/mol. The van der Waals surface area contributed by atoms with Gasteiger partial charge in [0, 0.05) is 46.1 Å². The van der Waals surface area contributed by atoms with E-state index < -0.39 is 23.3 Å². The largest absolute Gasteiger partial charge is 0.462 e. The van der Waals surface area contributed by atoms with Gasteiger partial charge in [-0.25, -0.2) is 9.97 Å². The molecule has 278 valence electrons. The third kappa shape index (κ3) is 8.12. The first-order chi connectivity index (χ1) is 27.1. The molecule has 0 bridgehead atoms. The van der Waals surface area contributed by atoms with Gasteiger partial charge in [-0.3, -0.25) is 24.0 Å². The molecule has 1 aliphatic heterocycles. The van der Waals surface area contributed by atoms with E-state index in [1.165, 1.54) is 12.2 Å². The first-order valence-corrected chi connectivity index (χ1v) is 18.5. The Kier molecular flexibility index (Phi) is 10.9. The molecule has 6 aromatic rings. The summed E-state index contributed by atoms with van der Waals surface area (Å²) in [6.45, 7) is 3.73. The number of hydrogen-bond donors (Lipinski definition) is 0. The molecule has 0 atom stereocenters.